The van der Waals surface area contributed by atoms with Gasteiger partial charge >= 0.3 is 0 Å². The molecule has 1 aliphatic rings. The fourth-order valence-electron chi connectivity index (χ4n) is 2.60. The van der Waals surface area contributed by atoms with E-state index < -0.39 is 31.2 Å². The van der Waals surface area contributed by atoms with Crippen molar-refractivity contribution in [1.82, 2.24) is 19.5 Å². The van der Waals surface area contributed by atoms with Crippen LogP contribution in [0.2, 0.25) is 0 Å². The zero-order chi connectivity index (χ0) is 17.5. The summed E-state index contributed by atoms with van der Waals surface area (Å²) in [5, 5.41) is 23.2. The van der Waals surface area contributed by atoms with Crippen molar-refractivity contribution in [3.8, 4) is 0 Å². The van der Waals surface area contributed by atoms with Crippen LogP contribution in [-0.4, -0.2) is 61.3 Å². The molecule has 0 radical (unpaired) electrons. The van der Waals surface area contributed by atoms with Crippen LogP contribution in [0.3, 0.4) is 0 Å². The van der Waals surface area contributed by atoms with E-state index in [0.717, 1.165) is 0 Å². The van der Waals surface area contributed by atoms with Crippen LogP contribution >= 0.6 is 0 Å². The van der Waals surface area contributed by atoms with Gasteiger partial charge in [0, 0.05) is 6.54 Å². The molecule has 9 heteroatoms. The number of anilines is 1. The van der Waals surface area contributed by atoms with E-state index in [1.54, 1.807) is 0 Å². The number of nitrogens with zero attached hydrogens (tertiary/aromatic N) is 4. The predicted molar refractivity (Wildman–Crippen MR) is 85.2 cm³/mol. The SMILES string of the molecule is CC(C)(C)CNc1ncnc2c1ncn2[C@@H]1O[C@H](CF)C(O)C1O. The van der Waals surface area contributed by atoms with E-state index in [4.69, 9.17) is 4.74 Å². The minimum Gasteiger partial charge on any atom is -0.387 e. The van der Waals surface area contributed by atoms with E-state index in [2.05, 4.69) is 41.0 Å². The molecular formula is C15H22FN5O3. The second-order valence-electron chi connectivity index (χ2n) is 7.16. The summed E-state index contributed by atoms with van der Waals surface area (Å²) < 4.78 is 19.8. The van der Waals surface area contributed by atoms with Crippen molar-refractivity contribution in [2.75, 3.05) is 18.5 Å². The zero-order valence-corrected chi connectivity index (χ0v) is 13.8. The summed E-state index contributed by atoms with van der Waals surface area (Å²) in [7, 11) is 0. The number of halogens is 1. The number of hydrogen-bond acceptors (Lipinski definition) is 7. The predicted octanol–water partition coefficient (Wildman–Crippen LogP) is 0.873. The van der Waals surface area contributed by atoms with Gasteiger partial charge < -0.3 is 20.3 Å². The third-order valence-electron chi connectivity index (χ3n) is 3.91. The molecule has 24 heavy (non-hydrogen) atoms. The van der Waals surface area contributed by atoms with Gasteiger partial charge in [-0.05, 0) is 5.41 Å². The Morgan fingerprint density at radius 3 is 2.62 bits per heavy atom. The summed E-state index contributed by atoms with van der Waals surface area (Å²) >= 11 is 0. The van der Waals surface area contributed by atoms with Gasteiger partial charge in [-0.2, -0.15) is 0 Å². The number of aliphatic hydroxyl groups is 2. The zero-order valence-electron chi connectivity index (χ0n) is 13.8. The lowest BCUT2D eigenvalue weighted by molar-refractivity contribution is -0.0409. The molecule has 2 unspecified atom stereocenters. The first-order valence-electron chi connectivity index (χ1n) is 7.81. The Morgan fingerprint density at radius 2 is 2.00 bits per heavy atom. The molecule has 4 atom stereocenters. The number of ether oxygens (including phenoxy) is 1. The molecule has 0 saturated carbocycles. The molecule has 0 spiro atoms. The standard InChI is InChI=1S/C15H22FN5O3/c1-15(2,3)5-17-12-9-13(19-6-18-12)21(7-20-9)14-11(23)10(22)8(4-16)24-14/h6-8,10-11,14,22-23H,4-5H2,1-3H3,(H,17,18,19)/t8-,10?,11?,14-/m1/s1. The summed E-state index contributed by atoms with van der Waals surface area (Å²) in [6.07, 6.45) is -1.74. The maximum absolute atomic E-state index is 12.9. The van der Waals surface area contributed by atoms with Crippen molar-refractivity contribution in [2.45, 2.75) is 45.3 Å². The number of hydrogen-bond donors (Lipinski definition) is 3. The lowest BCUT2D eigenvalue weighted by atomic mass is 9.97. The van der Waals surface area contributed by atoms with Crippen LogP contribution in [0.4, 0.5) is 10.2 Å². The fraction of sp³-hybridized carbons (Fsp3) is 0.667. The second kappa shape index (κ2) is 6.23. The fourth-order valence-corrected chi connectivity index (χ4v) is 2.60. The first-order valence-corrected chi connectivity index (χ1v) is 7.81. The van der Waals surface area contributed by atoms with Crippen molar-refractivity contribution < 1.29 is 19.3 Å². The highest BCUT2D eigenvalue weighted by molar-refractivity contribution is 5.82. The molecule has 2 aromatic rings. The highest BCUT2D eigenvalue weighted by Gasteiger charge is 2.44. The normalized spacial score (nSPS) is 27.8. The van der Waals surface area contributed by atoms with E-state index in [1.807, 2.05) is 0 Å². The minimum absolute atomic E-state index is 0.0586. The molecule has 132 valence electrons. The van der Waals surface area contributed by atoms with Crippen molar-refractivity contribution in [2.24, 2.45) is 5.41 Å². The molecule has 8 nitrogen and oxygen atoms in total. The van der Waals surface area contributed by atoms with E-state index in [-0.39, 0.29) is 5.41 Å². The molecule has 1 fully saturated rings. The van der Waals surface area contributed by atoms with Gasteiger partial charge in [0.2, 0.25) is 0 Å². The van der Waals surface area contributed by atoms with Crippen molar-refractivity contribution >= 4 is 17.0 Å². The molecule has 1 saturated heterocycles. The maximum Gasteiger partial charge on any atom is 0.167 e. The first-order chi connectivity index (χ1) is 11.3. The van der Waals surface area contributed by atoms with E-state index in [0.29, 0.717) is 23.5 Å². The topological polar surface area (TPSA) is 105 Å². The largest absolute Gasteiger partial charge is 0.387 e. The van der Waals surface area contributed by atoms with Crippen LogP contribution in [-0.2, 0) is 4.74 Å². The summed E-state index contributed by atoms with van der Waals surface area (Å²) in [6.45, 7) is 6.10. The van der Waals surface area contributed by atoms with Gasteiger partial charge in [0.25, 0.3) is 0 Å². The number of fused-ring (bicyclic) bond motifs is 1. The lowest BCUT2D eigenvalue weighted by Crippen LogP contribution is -2.32. The molecule has 0 aromatic carbocycles. The molecule has 2 aromatic heterocycles. The summed E-state index contributed by atoms with van der Waals surface area (Å²) in [4.78, 5) is 12.7. The number of nitrogens with one attached hydrogen (secondary N) is 1. The molecule has 0 bridgehead atoms. The third kappa shape index (κ3) is 3.06. The number of aromatic nitrogens is 4. The van der Waals surface area contributed by atoms with Crippen LogP contribution in [0, 0.1) is 5.41 Å². The smallest absolute Gasteiger partial charge is 0.167 e. The Balaban J connectivity index is 1.91. The van der Waals surface area contributed by atoms with E-state index in [1.165, 1.54) is 17.2 Å². The Bertz CT molecular complexity index is 717. The van der Waals surface area contributed by atoms with Crippen LogP contribution in [0.5, 0.6) is 0 Å². The minimum atomic E-state index is -1.29. The highest BCUT2D eigenvalue weighted by atomic mass is 19.1. The van der Waals surface area contributed by atoms with Gasteiger partial charge in [-0.1, -0.05) is 20.8 Å². The van der Waals surface area contributed by atoms with E-state index >= 15 is 0 Å². The Hall–Kier alpha value is -1.84. The maximum atomic E-state index is 12.9. The van der Waals surface area contributed by atoms with Gasteiger partial charge in [0.05, 0.1) is 6.33 Å². The average Bonchev–Trinajstić information content (AvgIpc) is 3.07. The third-order valence-corrected chi connectivity index (χ3v) is 3.91. The van der Waals surface area contributed by atoms with Crippen LogP contribution < -0.4 is 5.32 Å². The number of alkyl halides is 1. The molecule has 0 aliphatic carbocycles. The Morgan fingerprint density at radius 1 is 1.25 bits per heavy atom. The van der Waals surface area contributed by atoms with Crippen LogP contribution in [0.25, 0.3) is 11.2 Å². The summed E-state index contributed by atoms with van der Waals surface area (Å²) in [5.41, 5.74) is 1.02. The second-order valence-corrected chi connectivity index (χ2v) is 7.16. The summed E-state index contributed by atoms with van der Waals surface area (Å²) in [6, 6.07) is 0. The van der Waals surface area contributed by atoms with Gasteiger partial charge in [0.1, 0.15) is 31.3 Å². The Labute approximate surface area is 138 Å². The van der Waals surface area contributed by atoms with Crippen LogP contribution in [0.15, 0.2) is 12.7 Å². The monoisotopic (exact) mass is 339 g/mol. The highest BCUT2D eigenvalue weighted by Crippen LogP contribution is 2.32. The number of aliphatic hydroxyl groups excluding tert-OH is 2. The molecule has 1 aliphatic heterocycles. The van der Waals surface area contributed by atoms with Crippen molar-refractivity contribution in [1.29, 1.82) is 0 Å². The first kappa shape index (κ1) is 17.0. The number of imidazole rings is 1. The quantitative estimate of drug-likeness (QED) is 0.759. The molecule has 3 rings (SSSR count). The van der Waals surface area contributed by atoms with Gasteiger partial charge in [-0.15, -0.1) is 0 Å². The van der Waals surface area contributed by atoms with E-state index in [9.17, 15) is 14.6 Å². The average molecular weight is 339 g/mol. The molecular weight excluding hydrogens is 317 g/mol. The molecule has 3 heterocycles. The Kier molecular flexibility index (Phi) is 4.41. The lowest BCUT2D eigenvalue weighted by Gasteiger charge is -2.19. The molecule has 0 amide bonds. The van der Waals surface area contributed by atoms with Crippen LogP contribution in [0.1, 0.15) is 27.0 Å². The molecule has 3 N–H and O–H groups in total. The van der Waals surface area contributed by atoms with Gasteiger partial charge in [-0.3, -0.25) is 4.57 Å². The van der Waals surface area contributed by atoms with Crippen molar-refractivity contribution in [3.63, 3.8) is 0 Å². The van der Waals surface area contributed by atoms with Gasteiger partial charge in [-0.25, -0.2) is 19.3 Å². The summed E-state index contributed by atoms with van der Waals surface area (Å²) in [5.74, 6) is 0.573. The number of rotatable bonds is 4. The van der Waals surface area contributed by atoms with Gasteiger partial charge in [0.15, 0.2) is 23.2 Å². The van der Waals surface area contributed by atoms with Crippen molar-refractivity contribution in [3.05, 3.63) is 12.7 Å².